The molecule has 0 bridgehead atoms. The van der Waals surface area contributed by atoms with Crippen molar-refractivity contribution >= 4 is 11.7 Å². The molecule has 7 N–H and O–H groups in total. The molecule has 2 aromatic heterocycles. The van der Waals surface area contributed by atoms with Gasteiger partial charge in [0.25, 0.3) is 0 Å². The molecular weight excluding hydrogens is 452 g/mol. The second-order valence-corrected chi connectivity index (χ2v) is 7.67. The van der Waals surface area contributed by atoms with Crippen molar-refractivity contribution in [2.75, 3.05) is 18.8 Å². The molecule has 2 aromatic rings. The highest BCUT2D eigenvalue weighted by Gasteiger charge is 2.26. The van der Waals surface area contributed by atoms with Crippen LogP contribution in [0.3, 0.4) is 0 Å². The zero-order chi connectivity index (χ0) is 26.0. The van der Waals surface area contributed by atoms with Crippen molar-refractivity contribution in [3.63, 3.8) is 0 Å². The number of hydrazone groups is 1. The molecule has 3 heterocycles. The molecule has 0 amide bonds. The van der Waals surface area contributed by atoms with Crippen LogP contribution in [0.15, 0.2) is 66.2 Å². The summed E-state index contributed by atoms with van der Waals surface area (Å²) in [5, 5.41) is 12.4. The number of nitrogen functional groups attached to an aromatic ring is 1. The topological polar surface area (TPSA) is 136 Å². The summed E-state index contributed by atoms with van der Waals surface area (Å²) in [6, 6.07) is 0.637. The first kappa shape index (κ1) is 27.7. The highest BCUT2D eigenvalue weighted by Crippen LogP contribution is 2.26. The van der Waals surface area contributed by atoms with Crippen LogP contribution >= 0.6 is 0 Å². The number of hydrogen-bond acceptors (Lipinski definition) is 7. The molecule has 1 aliphatic rings. The molecule has 0 aliphatic carbocycles. The van der Waals surface area contributed by atoms with Crippen molar-refractivity contribution in [3.8, 4) is 11.1 Å². The molecular formula is C24H35F2N9. The van der Waals surface area contributed by atoms with Gasteiger partial charge < -0.3 is 16.9 Å². The van der Waals surface area contributed by atoms with E-state index in [9.17, 15) is 8.78 Å². The van der Waals surface area contributed by atoms with Gasteiger partial charge in [-0.25, -0.2) is 19.6 Å². The monoisotopic (exact) mass is 487 g/mol. The number of rotatable bonds is 7. The summed E-state index contributed by atoms with van der Waals surface area (Å²) >= 11 is 0. The normalized spacial score (nSPS) is 17.9. The summed E-state index contributed by atoms with van der Waals surface area (Å²) in [5.74, 6) is 9.62. The van der Waals surface area contributed by atoms with Crippen molar-refractivity contribution in [3.05, 3.63) is 66.7 Å². The van der Waals surface area contributed by atoms with E-state index in [1.807, 2.05) is 24.7 Å². The smallest absolute Gasteiger partial charge is 0.174 e. The van der Waals surface area contributed by atoms with Crippen LogP contribution in [-0.4, -0.2) is 44.7 Å². The summed E-state index contributed by atoms with van der Waals surface area (Å²) in [6.45, 7) is 10.4. The predicted molar refractivity (Wildman–Crippen MR) is 137 cm³/mol. The van der Waals surface area contributed by atoms with Crippen molar-refractivity contribution in [2.24, 2.45) is 16.8 Å². The van der Waals surface area contributed by atoms with Crippen molar-refractivity contribution in [2.45, 2.75) is 45.7 Å². The van der Waals surface area contributed by atoms with E-state index >= 15 is 0 Å². The highest BCUT2D eigenvalue weighted by atomic mass is 19.2. The number of nitrogens with one attached hydrogen (secondary N) is 1. The molecule has 0 saturated carbocycles. The van der Waals surface area contributed by atoms with Crippen LogP contribution in [-0.2, 0) is 0 Å². The molecule has 1 fully saturated rings. The Bertz CT molecular complexity index is 1060. The van der Waals surface area contributed by atoms with Crippen LogP contribution in [0.5, 0.6) is 0 Å². The first-order valence-corrected chi connectivity index (χ1v) is 11.5. The number of halogens is 2. The fourth-order valence-corrected chi connectivity index (χ4v) is 3.65. The van der Waals surface area contributed by atoms with Gasteiger partial charge in [-0.05, 0) is 32.4 Å². The summed E-state index contributed by atoms with van der Waals surface area (Å²) in [4.78, 5) is 4.23. The van der Waals surface area contributed by atoms with Crippen molar-refractivity contribution < 1.29 is 8.78 Å². The maximum Gasteiger partial charge on any atom is 0.174 e. The Morgan fingerprint density at radius 2 is 2.09 bits per heavy atom. The molecule has 1 saturated heterocycles. The lowest BCUT2D eigenvalue weighted by Gasteiger charge is -2.27. The van der Waals surface area contributed by atoms with Gasteiger partial charge in [-0.1, -0.05) is 38.7 Å². The number of allylic oxidation sites excluding steroid dienone is 3. The van der Waals surface area contributed by atoms with Crippen LogP contribution in [0.2, 0.25) is 0 Å². The summed E-state index contributed by atoms with van der Waals surface area (Å²) < 4.78 is 30.1. The Labute approximate surface area is 205 Å². The summed E-state index contributed by atoms with van der Waals surface area (Å²) in [6.07, 6.45) is 11.6. The number of hydrogen-bond donors (Lipinski definition) is 4. The largest absolute Gasteiger partial charge is 0.383 e. The standard InChI is InChI=1S/C22H29F2N9.C2H6/c1-3-4-7-19(20(24)14(2)23)33(27)22(31-26)18-9-15(10-29-21(18)25)16-11-30-32(13-16)17-6-5-8-28-12-17;1-2/h3-4,7,9-11,13,17,19,28H,1,5-6,8,12,26-27H2,2H3,(H2,25,29);1-2H3/b7-4?,20-14-,31-22-;. The zero-order valence-corrected chi connectivity index (χ0v) is 20.5. The lowest BCUT2D eigenvalue weighted by Crippen LogP contribution is -2.46. The maximum absolute atomic E-state index is 14.5. The number of hydrazine groups is 1. The van der Waals surface area contributed by atoms with Crippen LogP contribution in [0, 0.1) is 0 Å². The molecule has 190 valence electrons. The molecule has 0 aromatic carbocycles. The van der Waals surface area contributed by atoms with Gasteiger partial charge in [-0.2, -0.15) is 10.2 Å². The number of pyridine rings is 1. The Kier molecular flexibility index (Phi) is 10.6. The minimum Gasteiger partial charge on any atom is -0.383 e. The van der Waals surface area contributed by atoms with Gasteiger partial charge in [0.15, 0.2) is 11.7 Å². The lowest BCUT2D eigenvalue weighted by atomic mass is 10.1. The first-order chi connectivity index (χ1) is 16.9. The minimum absolute atomic E-state index is 0.0687. The Morgan fingerprint density at radius 3 is 2.69 bits per heavy atom. The van der Waals surface area contributed by atoms with E-state index in [-0.39, 0.29) is 23.3 Å². The number of piperidine rings is 1. The van der Waals surface area contributed by atoms with E-state index in [4.69, 9.17) is 17.4 Å². The number of nitrogens with two attached hydrogens (primary N) is 3. The summed E-state index contributed by atoms with van der Waals surface area (Å²) in [7, 11) is 0. The third kappa shape index (κ3) is 6.74. The highest BCUT2D eigenvalue weighted by molar-refractivity contribution is 6.03. The van der Waals surface area contributed by atoms with Gasteiger partial charge in [-0.3, -0.25) is 9.69 Å². The first-order valence-electron chi connectivity index (χ1n) is 11.5. The van der Waals surface area contributed by atoms with Crippen LogP contribution in [0.4, 0.5) is 14.6 Å². The zero-order valence-electron chi connectivity index (χ0n) is 20.5. The number of anilines is 1. The Morgan fingerprint density at radius 1 is 1.34 bits per heavy atom. The van der Waals surface area contributed by atoms with E-state index in [0.29, 0.717) is 5.56 Å². The molecule has 0 radical (unpaired) electrons. The van der Waals surface area contributed by atoms with Gasteiger partial charge in [0.1, 0.15) is 17.7 Å². The molecule has 11 heteroatoms. The number of aromatic nitrogens is 3. The third-order valence-corrected chi connectivity index (χ3v) is 5.42. The van der Waals surface area contributed by atoms with Gasteiger partial charge in [0.2, 0.25) is 0 Å². The van der Waals surface area contributed by atoms with Crippen molar-refractivity contribution in [1.82, 2.24) is 25.1 Å². The molecule has 1 aliphatic heterocycles. The van der Waals surface area contributed by atoms with Gasteiger partial charge in [0.05, 0.1) is 17.8 Å². The van der Waals surface area contributed by atoms with E-state index in [2.05, 4.69) is 27.1 Å². The molecule has 3 rings (SSSR count). The average Bonchev–Trinajstić information content (AvgIpc) is 3.38. The van der Waals surface area contributed by atoms with Gasteiger partial charge >= 0.3 is 0 Å². The van der Waals surface area contributed by atoms with Crippen LogP contribution in [0.25, 0.3) is 11.1 Å². The molecule has 2 unspecified atom stereocenters. The van der Waals surface area contributed by atoms with Gasteiger partial charge in [-0.15, -0.1) is 0 Å². The molecule has 0 spiro atoms. The van der Waals surface area contributed by atoms with E-state index < -0.39 is 17.7 Å². The second kappa shape index (κ2) is 13.4. The molecule has 9 nitrogen and oxygen atoms in total. The fourth-order valence-electron chi connectivity index (χ4n) is 3.65. The van der Waals surface area contributed by atoms with E-state index in [1.165, 1.54) is 18.2 Å². The quantitative estimate of drug-likeness (QED) is 0.154. The predicted octanol–water partition coefficient (Wildman–Crippen LogP) is 3.56. The minimum atomic E-state index is -1.32. The lowest BCUT2D eigenvalue weighted by molar-refractivity contribution is 0.345. The second-order valence-electron chi connectivity index (χ2n) is 7.67. The average molecular weight is 488 g/mol. The Balaban J connectivity index is 0.00000210. The van der Waals surface area contributed by atoms with Crippen LogP contribution < -0.4 is 22.7 Å². The third-order valence-electron chi connectivity index (χ3n) is 5.42. The number of nitrogens with zero attached hydrogens (tertiary/aromatic N) is 5. The van der Waals surface area contributed by atoms with Gasteiger partial charge in [0, 0.05) is 30.1 Å². The van der Waals surface area contributed by atoms with E-state index in [1.54, 1.807) is 18.5 Å². The Hall–Kier alpha value is -3.57. The maximum atomic E-state index is 14.5. The summed E-state index contributed by atoms with van der Waals surface area (Å²) in [5.41, 5.74) is 7.84. The number of amidine groups is 1. The fraction of sp³-hybridized carbons (Fsp3) is 0.375. The van der Waals surface area contributed by atoms with Crippen molar-refractivity contribution in [1.29, 1.82) is 0 Å². The SMILES string of the molecule is C=CC=CC(/C(F)=C(\C)F)N(N)/C(=N\N)c1cc(-c2cnn(C3CCCNC3)c2)cnc1N.CC. The van der Waals surface area contributed by atoms with Crippen LogP contribution in [0.1, 0.15) is 45.2 Å². The van der Waals surface area contributed by atoms with E-state index in [0.717, 1.165) is 43.4 Å². The molecule has 35 heavy (non-hydrogen) atoms. The molecule has 2 atom stereocenters.